The van der Waals surface area contributed by atoms with Crippen molar-refractivity contribution in [1.82, 2.24) is 5.32 Å². The second-order valence-corrected chi connectivity index (χ2v) is 5.91. The van der Waals surface area contributed by atoms with Gasteiger partial charge in [-0.25, -0.2) is 0 Å². The maximum atomic E-state index is 5.71. The summed E-state index contributed by atoms with van der Waals surface area (Å²) in [5, 5.41) is 5.58. The van der Waals surface area contributed by atoms with Crippen molar-refractivity contribution in [3.8, 4) is 0 Å². The Hall–Kier alpha value is -0.580. The molecule has 2 rings (SSSR count). The van der Waals surface area contributed by atoms with Crippen LogP contribution in [-0.2, 0) is 6.42 Å². The van der Waals surface area contributed by atoms with Gasteiger partial charge in [-0.2, -0.15) is 0 Å². The minimum absolute atomic E-state index is 0.263. The van der Waals surface area contributed by atoms with Crippen molar-refractivity contribution in [3.05, 3.63) is 44.4 Å². The molecule has 0 amide bonds. The van der Waals surface area contributed by atoms with Crippen molar-refractivity contribution in [2.75, 3.05) is 6.54 Å². The van der Waals surface area contributed by atoms with E-state index < -0.39 is 0 Å². The van der Waals surface area contributed by atoms with Gasteiger partial charge in [-0.15, -0.1) is 11.3 Å². The molecule has 4 heteroatoms. The SMILES string of the molecule is CCNC(Cc1cc(Br)cs1)c1ccc(C)o1. The van der Waals surface area contributed by atoms with Gasteiger partial charge in [0.1, 0.15) is 11.5 Å². The third kappa shape index (κ3) is 3.44. The zero-order valence-corrected chi connectivity index (χ0v) is 12.4. The molecule has 0 bridgehead atoms. The Bertz CT molecular complexity index is 477. The first-order valence-corrected chi connectivity index (χ1v) is 7.39. The van der Waals surface area contributed by atoms with E-state index in [0.717, 1.165) is 29.0 Å². The monoisotopic (exact) mass is 313 g/mol. The van der Waals surface area contributed by atoms with Crippen LogP contribution >= 0.6 is 27.3 Å². The number of halogens is 1. The second kappa shape index (κ2) is 5.85. The maximum absolute atomic E-state index is 5.71. The Kier molecular flexibility index (Phi) is 4.42. The highest BCUT2D eigenvalue weighted by Crippen LogP contribution is 2.26. The summed E-state index contributed by atoms with van der Waals surface area (Å²) in [6.07, 6.45) is 0.969. The van der Waals surface area contributed by atoms with Gasteiger partial charge in [-0.05, 0) is 47.6 Å². The van der Waals surface area contributed by atoms with Crippen LogP contribution in [0.25, 0.3) is 0 Å². The standard InChI is InChI=1S/C13H16BrNOS/c1-3-15-12(13-5-4-9(2)16-13)7-11-6-10(14)8-17-11/h4-6,8,12,15H,3,7H2,1-2H3. The highest BCUT2D eigenvalue weighted by atomic mass is 79.9. The predicted molar refractivity (Wildman–Crippen MR) is 75.6 cm³/mol. The van der Waals surface area contributed by atoms with Crippen molar-refractivity contribution in [2.45, 2.75) is 26.3 Å². The van der Waals surface area contributed by atoms with E-state index in [9.17, 15) is 0 Å². The molecule has 0 saturated heterocycles. The molecule has 2 aromatic heterocycles. The fourth-order valence-electron chi connectivity index (χ4n) is 1.82. The second-order valence-electron chi connectivity index (χ2n) is 3.99. The van der Waals surface area contributed by atoms with Gasteiger partial charge in [0, 0.05) is 21.2 Å². The highest BCUT2D eigenvalue weighted by molar-refractivity contribution is 9.10. The molecule has 0 radical (unpaired) electrons. The van der Waals surface area contributed by atoms with Crippen LogP contribution in [0.15, 0.2) is 32.5 Å². The van der Waals surface area contributed by atoms with E-state index in [4.69, 9.17) is 4.42 Å². The average molecular weight is 314 g/mol. The lowest BCUT2D eigenvalue weighted by molar-refractivity contribution is 0.404. The third-order valence-corrected chi connectivity index (χ3v) is 4.30. The normalized spacial score (nSPS) is 12.9. The van der Waals surface area contributed by atoms with Gasteiger partial charge in [0.05, 0.1) is 6.04 Å². The molecule has 0 aromatic carbocycles. The molecule has 0 aliphatic heterocycles. The van der Waals surface area contributed by atoms with Gasteiger partial charge in [0.15, 0.2) is 0 Å². The molecule has 0 spiro atoms. The molecule has 1 atom stereocenters. The van der Waals surface area contributed by atoms with Gasteiger partial charge >= 0.3 is 0 Å². The van der Waals surface area contributed by atoms with Gasteiger partial charge in [-0.1, -0.05) is 6.92 Å². The van der Waals surface area contributed by atoms with Crippen molar-refractivity contribution in [2.24, 2.45) is 0 Å². The summed E-state index contributed by atoms with van der Waals surface area (Å²) in [7, 11) is 0. The molecule has 1 N–H and O–H groups in total. The zero-order chi connectivity index (χ0) is 12.3. The number of furan rings is 1. The smallest absolute Gasteiger partial charge is 0.121 e. The van der Waals surface area contributed by atoms with E-state index in [1.54, 1.807) is 11.3 Å². The van der Waals surface area contributed by atoms with E-state index in [2.05, 4.69) is 45.7 Å². The van der Waals surface area contributed by atoms with Crippen molar-refractivity contribution in [3.63, 3.8) is 0 Å². The van der Waals surface area contributed by atoms with Crippen LogP contribution in [0.1, 0.15) is 29.4 Å². The van der Waals surface area contributed by atoms with Crippen LogP contribution in [0.5, 0.6) is 0 Å². The molecule has 2 nitrogen and oxygen atoms in total. The Labute approximate surface area is 114 Å². The first-order valence-electron chi connectivity index (χ1n) is 5.71. The van der Waals surface area contributed by atoms with Crippen molar-refractivity contribution in [1.29, 1.82) is 0 Å². The topological polar surface area (TPSA) is 25.2 Å². The summed E-state index contributed by atoms with van der Waals surface area (Å²) in [6, 6.07) is 6.51. The van der Waals surface area contributed by atoms with Crippen molar-refractivity contribution >= 4 is 27.3 Å². The van der Waals surface area contributed by atoms with Gasteiger partial charge in [-0.3, -0.25) is 0 Å². The molecule has 17 heavy (non-hydrogen) atoms. The Morgan fingerprint density at radius 2 is 2.29 bits per heavy atom. The van der Waals surface area contributed by atoms with Gasteiger partial charge in [0.2, 0.25) is 0 Å². The molecule has 0 aliphatic carbocycles. The predicted octanol–water partition coefficient (Wildman–Crippen LogP) is 4.31. The van der Waals surface area contributed by atoms with Crippen molar-refractivity contribution < 1.29 is 4.42 Å². The van der Waals surface area contributed by atoms with E-state index in [1.807, 2.05) is 13.0 Å². The summed E-state index contributed by atoms with van der Waals surface area (Å²) in [5.41, 5.74) is 0. The number of thiophene rings is 1. The lowest BCUT2D eigenvalue weighted by Crippen LogP contribution is -2.22. The summed E-state index contributed by atoms with van der Waals surface area (Å²) in [6.45, 7) is 5.04. The Balaban J connectivity index is 2.12. The first kappa shape index (κ1) is 12.9. The molecular formula is C13H16BrNOS. The molecule has 2 heterocycles. The summed E-state index contributed by atoms with van der Waals surface area (Å²) < 4.78 is 6.86. The number of nitrogens with one attached hydrogen (secondary N) is 1. The first-order chi connectivity index (χ1) is 8.19. The number of hydrogen-bond acceptors (Lipinski definition) is 3. The van der Waals surface area contributed by atoms with Crippen LogP contribution in [0.3, 0.4) is 0 Å². The third-order valence-electron chi connectivity index (χ3n) is 2.58. The summed E-state index contributed by atoms with van der Waals surface area (Å²) >= 11 is 5.26. The highest BCUT2D eigenvalue weighted by Gasteiger charge is 2.15. The van der Waals surface area contributed by atoms with Gasteiger partial charge in [0.25, 0.3) is 0 Å². The summed E-state index contributed by atoms with van der Waals surface area (Å²) in [5.74, 6) is 1.99. The van der Waals surface area contributed by atoms with Crippen LogP contribution in [0.2, 0.25) is 0 Å². The van der Waals surface area contributed by atoms with E-state index in [0.29, 0.717) is 0 Å². The largest absolute Gasteiger partial charge is 0.465 e. The van der Waals surface area contributed by atoms with Crippen LogP contribution in [-0.4, -0.2) is 6.54 Å². The number of aryl methyl sites for hydroxylation is 1. The van der Waals surface area contributed by atoms with E-state index >= 15 is 0 Å². The van der Waals surface area contributed by atoms with Gasteiger partial charge < -0.3 is 9.73 Å². The molecular weight excluding hydrogens is 298 g/mol. The minimum Gasteiger partial charge on any atom is -0.465 e. The van der Waals surface area contributed by atoms with E-state index in [-0.39, 0.29) is 6.04 Å². The average Bonchev–Trinajstić information content (AvgIpc) is 2.87. The quantitative estimate of drug-likeness (QED) is 0.890. The van der Waals surface area contributed by atoms with Crippen LogP contribution in [0, 0.1) is 6.92 Å². The zero-order valence-electron chi connectivity index (χ0n) is 10.00. The number of rotatable bonds is 5. The lowest BCUT2D eigenvalue weighted by Gasteiger charge is -2.14. The molecule has 0 fully saturated rings. The van der Waals surface area contributed by atoms with Crippen LogP contribution in [0.4, 0.5) is 0 Å². The maximum Gasteiger partial charge on any atom is 0.121 e. The summed E-state index contributed by atoms with van der Waals surface area (Å²) in [4.78, 5) is 1.36. The Morgan fingerprint density at radius 1 is 1.47 bits per heavy atom. The number of hydrogen-bond donors (Lipinski definition) is 1. The molecule has 0 aliphatic rings. The minimum atomic E-state index is 0.263. The fourth-order valence-corrected chi connectivity index (χ4v) is 3.32. The van der Waals surface area contributed by atoms with Crippen LogP contribution < -0.4 is 5.32 Å². The van der Waals surface area contributed by atoms with E-state index in [1.165, 1.54) is 4.88 Å². The fraction of sp³-hybridized carbons (Fsp3) is 0.385. The molecule has 2 aromatic rings. The lowest BCUT2D eigenvalue weighted by atomic mass is 10.1. The molecule has 1 unspecified atom stereocenters. The number of likely N-dealkylation sites (N-methyl/N-ethyl adjacent to an activating group) is 1. The Morgan fingerprint density at radius 3 is 2.82 bits per heavy atom. The molecule has 0 saturated carbocycles. The molecule has 92 valence electrons.